The van der Waals surface area contributed by atoms with Crippen LogP contribution < -0.4 is 4.90 Å². The molecule has 4 aromatic rings. The molecular weight excluding hydrogens is 543 g/mol. The number of fused-ring (bicyclic) bond motifs is 1. The molecule has 6 rings (SSSR count). The lowest BCUT2D eigenvalue weighted by molar-refractivity contribution is -0.142. The molecule has 40 heavy (non-hydrogen) atoms. The van der Waals surface area contributed by atoms with Gasteiger partial charge >= 0.3 is 0 Å². The zero-order chi connectivity index (χ0) is 27.9. The summed E-state index contributed by atoms with van der Waals surface area (Å²) in [6.45, 7) is 0.391. The summed E-state index contributed by atoms with van der Waals surface area (Å²) in [4.78, 5) is 45.3. The first-order valence-corrected chi connectivity index (χ1v) is 13.9. The normalized spacial score (nSPS) is 20.4. The molecule has 0 spiro atoms. The molecule has 1 saturated heterocycles. The number of nitrogens with zero attached hydrogens (tertiary/aromatic N) is 2. The lowest BCUT2D eigenvalue weighted by Gasteiger charge is -2.33. The predicted molar refractivity (Wildman–Crippen MR) is 156 cm³/mol. The molecular formula is C33H26Cl2N2O3. The number of anilines is 1. The van der Waals surface area contributed by atoms with Crippen LogP contribution in [0.15, 0.2) is 103 Å². The SMILES string of the molecule is O=C1C[C@H]([C@]2(Cc3ccccc3)C(=O)N(Cc3ccccc3)c3ccc(Cl)cc32)C(=O)N1Cc1ccccc1Cl. The van der Waals surface area contributed by atoms with E-state index < -0.39 is 11.3 Å². The molecule has 0 N–H and O–H groups in total. The molecule has 0 radical (unpaired) electrons. The molecule has 2 heterocycles. The van der Waals surface area contributed by atoms with Gasteiger partial charge in [0.05, 0.1) is 24.4 Å². The van der Waals surface area contributed by atoms with Crippen molar-refractivity contribution in [3.63, 3.8) is 0 Å². The first-order valence-electron chi connectivity index (χ1n) is 13.2. The van der Waals surface area contributed by atoms with Gasteiger partial charge in [-0.3, -0.25) is 19.3 Å². The molecule has 0 bridgehead atoms. The Hall–Kier alpha value is -3.93. The maximum atomic E-state index is 14.7. The summed E-state index contributed by atoms with van der Waals surface area (Å²) in [5, 5.41) is 0.948. The molecule has 0 aromatic heterocycles. The Morgan fingerprint density at radius 3 is 2.08 bits per heavy atom. The minimum absolute atomic E-state index is 0.0551. The number of halogens is 2. The van der Waals surface area contributed by atoms with Crippen LogP contribution in [0.2, 0.25) is 10.0 Å². The van der Waals surface area contributed by atoms with E-state index in [2.05, 4.69) is 0 Å². The largest absolute Gasteiger partial charge is 0.307 e. The van der Waals surface area contributed by atoms with Crippen LogP contribution in [-0.2, 0) is 39.3 Å². The van der Waals surface area contributed by atoms with E-state index in [4.69, 9.17) is 23.2 Å². The monoisotopic (exact) mass is 568 g/mol. The zero-order valence-corrected chi connectivity index (χ0v) is 23.1. The zero-order valence-electron chi connectivity index (χ0n) is 21.6. The third kappa shape index (κ3) is 4.49. The van der Waals surface area contributed by atoms with Crippen LogP contribution in [0.4, 0.5) is 5.69 Å². The van der Waals surface area contributed by atoms with Gasteiger partial charge in [0, 0.05) is 22.2 Å². The number of hydrogen-bond acceptors (Lipinski definition) is 3. The smallest absolute Gasteiger partial charge is 0.239 e. The second-order valence-electron chi connectivity index (χ2n) is 10.3. The van der Waals surface area contributed by atoms with E-state index in [0.717, 1.165) is 11.1 Å². The Balaban J connectivity index is 1.48. The number of carbonyl (C=O) groups is 3. The summed E-state index contributed by atoms with van der Waals surface area (Å²) in [7, 11) is 0. The Morgan fingerprint density at radius 2 is 1.38 bits per heavy atom. The van der Waals surface area contributed by atoms with Crippen molar-refractivity contribution < 1.29 is 14.4 Å². The van der Waals surface area contributed by atoms with Crippen LogP contribution in [-0.4, -0.2) is 22.6 Å². The molecule has 1 fully saturated rings. The first-order chi connectivity index (χ1) is 19.4. The standard InChI is InChI=1S/C33H26Cl2N2O3/c34-25-15-16-29-26(17-25)33(19-22-9-3-1-4-10-22,32(40)36(29)20-23-11-5-2-6-12-23)27-18-30(38)37(31(27)39)21-24-13-7-8-14-28(24)35/h1-17,27H,18-21H2/t27-,33+/m0/s1. The van der Waals surface area contributed by atoms with Crippen molar-refractivity contribution in [2.24, 2.45) is 5.92 Å². The summed E-state index contributed by atoms with van der Waals surface area (Å²) >= 11 is 12.9. The van der Waals surface area contributed by atoms with Crippen molar-refractivity contribution in [3.8, 4) is 0 Å². The van der Waals surface area contributed by atoms with E-state index in [1.54, 1.807) is 35.2 Å². The second-order valence-corrected chi connectivity index (χ2v) is 11.2. The highest BCUT2D eigenvalue weighted by atomic mass is 35.5. The third-order valence-corrected chi connectivity index (χ3v) is 8.60. The van der Waals surface area contributed by atoms with Crippen molar-refractivity contribution in [2.75, 3.05) is 4.90 Å². The molecule has 0 unspecified atom stereocenters. The van der Waals surface area contributed by atoms with Crippen molar-refractivity contribution in [3.05, 3.63) is 135 Å². The van der Waals surface area contributed by atoms with Crippen LogP contribution in [0.25, 0.3) is 0 Å². The maximum Gasteiger partial charge on any atom is 0.239 e. The van der Waals surface area contributed by atoms with Crippen LogP contribution >= 0.6 is 23.2 Å². The summed E-state index contributed by atoms with van der Waals surface area (Å²) < 4.78 is 0. The Kier molecular flexibility index (Phi) is 6.95. The number of hydrogen-bond donors (Lipinski definition) is 0. The fourth-order valence-corrected chi connectivity index (χ4v) is 6.44. The summed E-state index contributed by atoms with van der Waals surface area (Å²) in [5.41, 5.74) is 2.61. The van der Waals surface area contributed by atoms with Crippen molar-refractivity contribution in [1.82, 2.24) is 4.90 Å². The predicted octanol–water partition coefficient (Wildman–Crippen LogP) is 6.60. The van der Waals surface area contributed by atoms with Gasteiger partial charge in [0.15, 0.2) is 0 Å². The van der Waals surface area contributed by atoms with Gasteiger partial charge in [-0.05, 0) is 52.9 Å². The topological polar surface area (TPSA) is 57.7 Å². The highest BCUT2D eigenvalue weighted by molar-refractivity contribution is 6.31. The van der Waals surface area contributed by atoms with Gasteiger partial charge < -0.3 is 4.90 Å². The third-order valence-electron chi connectivity index (χ3n) is 7.99. The lowest BCUT2D eigenvalue weighted by atomic mass is 9.66. The Labute approximate surface area is 242 Å². The average Bonchev–Trinajstić information content (AvgIpc) is 3.36. The number of likely N-dealkylation sites (tertiary alicyclic amines) is 1. The van der Waals surface area contributed by atoms with Gasteiger partial charge in [-0.25, -0.2) is 0 Å². The van der Waals surface area contributed by atoms with Crippen molar-refractivity contribution in [1.29, 1.82) is 0 Å². The Bertz CT molecular complexity index is 1610. The number of rotatable bonds is 7. The van der Waals surface area contributed by atoms with Gasteiger partial charge in [0.25, 0.3) is 0 Å². The fraction of sp³-hybridized carbons (Fsp3) is 0.182. The molecule has 0 saturated carbocycles. The minimum Gasteiger partial charge on any atom is -0.307 e. The number of imide groups is 1. The van der Waals surface area contributed by atoms with E-state index in [0.29, 0.717) is 33.4 Å². The molecule has 2 aliphatic rings. The second kappa shape index (κ2) is 10.6. The Morgan fingerprint density at radius 1 is 0.725 bits per heavy atom. The van der Waals surface area contributed by atoms with E-state index in [1.165, 1.54) is 4.90 Å². The highest BCUT2D eigenvalue weighted by Crippen LogP contribution is 2.52. The lowest BCUT2D eigenvalue weighted by Crippen LogP contribution is -2.49. The van der Waals surface area contributed by atoms with E-state index in [9.17, 15) is 14.4 Å². The van der Waals surface area contributed by atoms with Gasteiger partial charge in [-0.1, -0.05) is 102 Å². The van der Waals surface area contributed by atoms with Gasteiger partial charge in [0.1, 0.15) is 0 Å². The van der Waals surface area contributed by atoms with Crippen LogP contribution in [0, 0.1) is 5.92 Å². The van der Waals surface area contributed by atoms with E-state index >= 15 is 0 Å². The highest BCUT2D eigenvalue weighted by Gasteiger charge is 2.61. The summed E-state index contributed by atoms with van der Waals surface area (Å²) in [5.74, 6) is -1.79. The molecule has 3 amide bonds. The number of amides is 3. The quantitative estimate of drug-likeness (QED) is 0.236. The van der Waals surface area contributed by atoms with E-state index in [-0.39, 0.29) is 37.1 Å². The molecule has 5 nitrogen and oxygen atoms in total. The average molecular weight is 569 g/mol. The first kappa shape index (κ1) is 26.3. The minimum atomic E-state index is -1.31. The fourth-order valence-electron chi connectivity index (χ4n) is 6.07. The maximum absolute atomic E-state index is 14.7. The van der Waals surface area contributed by atoms with Gasteiger partial charge in [-0.15, -0.1) is 0 Å². The van der Waals surface area contributed by atoms with Crippen molar-refractivity contribution >= 4 is 46.6 Å². The van der Waals surface area contributed by atoms with Crippen LogP contribution in [0.3, 0.4) is 0 Å². The molecule has 2 atom stereocenters. The molecule has 4 aromatic carbocycles. The number of benzene rings is 4. The van der Waals surface area contributed by atoms with E-state index in [1.807, 2.05) is 72.8 Å². The molecule has 2 aliphatic heterocycles. The molecule has 0 aliphatic carbocycles. The molecule has 200 valence electrons. The summed E-state index contributed by atoms with van der Waals surface area (Å²) in [6.07, 6.45) is 0.182. The molecule has 7 heteroatoms. The van der Waals surface area contributed by atoms with Crippen molar-refractivity contribution in [2.45, 2.75) is 31.3 Å². The number of carbonyl (C=O) groups excluding carboxylic acids is 3. The van der Waals surface area contributed by atoms with Crippen LogP contribution in [0.5, 0.6) is 0 Å². The van der Waals surface area contributed by atoms with Crippen LogP contribution in [0.1, 0.15) is 28.7 Å². The van der Waals surface area contributed by atoms with Gasteiger partial charge in [0.2, 0.25) is 17.7 Å². The van der Waals surface area contributed by atoms with Gasteiger partial charge in [-0.2, -0.15) is 0 Å². The summed E-state index contributed by atoms with van der Waals surface area (Å²) in [6, 6.07) is 31.9.